The average molecular weight is 358 g/mol. The molecular formula is C20H28N3O3+. The summed E-state index contributed by atoms with van der Waals surface area (Å²) < 4.78 is 7.00. The molecule has 0 aliphatic carbocycles. The number of nitrogens with one attached hydrogen (secondary N) is 2. The first-order chi connectivity index (χ1) is 12.4. The number of carbonyl (C=O) groups excluding carboxylic acids is 2. The standard InChI is InChI=1S/C20H27N3O3/c1-12-17(20(25)26-5)13(2)21-18(12)19(24)14(3)23-11-7-9-16(23)15-8-6-10-22(15)4/h6,8,10,14,16,21H,7,9,11H2,1-5H3/p+1/t14-,16+/m0/s1. The summed E-state index contributed by atoms with van der Waals surface area (Å²) in [5, 5.41) is 0. The third-order valence-electron chi connectivity index (χ3n) is 5.77. The summed E-state index contributed by atoms with van der Waals surface area (Å²) in [7, 11) is 3.41. The van der Waals surface area contributed by atoms with E-state index >= 15 is 0 Å². The maximum atomic E-state index is 13.2. The van der Waals surface area contributed by atoms with Gasteiger partial charge in [0.05, 0.1) is 30.6 Å². The van der Waals surface area contributed by atoms with Crippen LogP contribution in [0, 0.1) is 13.8 Å². The lowest BCUT2D eigenvalue weighted by atomic mass is 10.0. The summed E-state index contributed by atoms with van der Waals surface area (Å²) in [5.41, 5.74) is 3.63. The second-order valence-corrected chi connectivity index (χ2v) is 7.27. The van der Waals surface area contributed by atoms with Gasteiger partial charge in [0.2, 0.25) is 5.78 Å². The molecule has 1 aliphatic rings. The van der Waals surface area contributed by atoms with E-state index in [1.54, 1.807) is 6.92 Å². The van der Waals surface area contributed by atoms with E-state index < -0.39 is 5.97 Å². The van der Waals surface area contributed by atoms with E-state index in [9.17, 15) is 9.59 Å². The number of aromatic amines is 1. The molecule has 6 heteroatoms. The first-order valence-electron chi connectivity index (χ1n) is 9.15. The number of esters is 1. The monoisotopic (exact) mass is 358 g/mol. The third-order valence-corrected chi connectivity index (χ3v) is 5.77. The number of hydrogen-bond donors (Lipinski definition) is 2. The zero-order valence-corrected chi connectivity index (χ0v) is 16.2. The number of carbonyl (C=O) groups is 2. The number of hydrogen-bond acceptors (Lipinski definition) is 3. The Bertz CT molecular complexity index is 833. The van der Waals surface area contributed by atoms with Crippen LogP contribution in [0.4, 0.5) is 0 Å². The summed E-state index contributed by atoms with van der Waals surface area (Å²) in [5.74, 6) is -0.352. The highest BCUT2D eigenvalue weighted by molar-refractivity contribution is 6.03. The lowest BCUT2D eigenvalue weighted by Gasteiger charge is -2.27. The van der Waals surface area contributed by atoms with Crippen molar-refractivity contribution in [3.05, 3.63) is 46.5 Å². The molecule has 2 aromatic rings. The molecular weight excluding hydrogens is 330 g/mol. The Kier molecular flexibility index (Phi) is 5.05. The van der Waals surface area contributed by atoms with E-state index in [-0.39, 0.29) is 11.8 Å². The van der Waals surface area contributed by atoms with Crippen molar-refractivity contribution in [3.63, 3.8) is 0 Å². The number of aromatic nitrogens is 2. The lowest BCUT2D eigenvalue weighted by Crippen LogP contribution is -3.14. The molecule has 2 N–H and O–H groups in total. The smallest absolute Gasteiger partial charge is 0.339 e. The summed E-state index contributed by atoms with van der Waals surface area (Å²) in [6.07, 6.45) is 4.25. The van der Waals surface area contributed by atoms with Crippen molar-refractivity contribution in [2.45, 2.75) is 45.7 Å². The fourth-order valence-corrected chi connectivity index (χ4v) is 4.35. The topological polar surface area (TPSA) is 68.5 Å². The van der Waals surface area contributed by atoms with E-state index in [0.717, 1.165) is 19.4 Å². The van der Waals surface area contributed by atoms with E-state index in [0.29, 0.717) is 28.6 Å². The lowest BCUT2D eigenvalue weighted by molar-refractivity contribution is -0.932. The molecule has 1 saturated heterocycles. The van der Waals surface area contributed by atoms with Crippen LogP contribution in [0.2, 0.25) is 0 Å². The molecule has 3 heterocycles. The number of Topliss-reactive ketones (excluding diaryl/α,β-unsaturated/α-hetero) is 1. The van der Waals surface area contributed by atoms with Gasteiger partial charge < -0.3 is 19.2 Å². The number of H-pyrrole nitrogens is 1. The minimum Gasteiger partial charge on any atom is -0.465 e. The molecule has 1 fully saturated rings. The molecule has 0 bridgehead atoms. The number of nitrogens with zero attached hydrogens (tertiary/aromatic N) is 1. The summed E-state index contributed by atoms with van der Waals surface area (Å²) in [4.78, 5) is 29.6. The van der Waals surface area contributed by atoms with E-state index in [1.165, 1.54) is 17.7 Å². The van der Waals surface area contributed by atoms with Crippen LogP contribution in [0.1, 0.15) is 63.6 Å². The molecule has 26 heavy (non-hydrogen) atoms. The fraction of sp³-hybridized carbons (Fsp3) is 0.500. The largest absolute Gasteiger partial charge is 0.465 e. The van der Waals surface area contributed by atoms with Crippen molar-refractivity contribution in [1.29, 1.82) is 0 Å². The van der Waals surface area contributed by atoms with Crippen LogP contribution in [0.5, 0.6) is 0 Å². The molecule has 1 aliphatic heterocycles. The Morgan fingerprint density at radius 2 is 2.12 bits per heavy atom. The molecule has 2 aromatic heterocycles. The summed E-state index contributed by atoms with van der Waals surface area (Å²) in [6, 6.07) is 4.34. The maximum absolute atomic E-state index is 13.2. The number of likely N-dealkylation sites (tertiary alicyclic amines) is 1. The van der Waals surface area contributed by atoms with Gasteiger partial charge in [-0.05, 0) is 38.5 Å². The molecule has 0 radical (unpaired) electrons. The Balaban J connectivity index is 1.88. The van der Waals surface area contributed by atoms with E-state index in [2.05, 4.69) is 34.9 Å². The predicted molar refractivity (Wildman–Crippen MR) is 98.6 cm³/mol. The Labute approximate surface area is 154 Å². The highest BCUT2D eigenvalue weighted by atomic mass is 16.5. The number of ether oxygens (including phenoxy) is 1. The molecule has 0 saturated carbocycles. The average Bonchev–Trinajstić information content (AvgIpc) is 3.32. The summed E-state index contributed by atoms with van der Waals surface area (Å²) >= 11 is 0. The number of rotatable bonds is 5. The number of methoxy groups -OCH3 is 1. The van der Waals surface area contributed by atoms with Gasteiger partial charge in [0, 0.05) is 31.8 Å². The van der Waals surface area contributed by atoms with E-state index in [1.807, 2.05) is 13.8 Å². The molecule has 140 valence electrons. The van der Waals surface area contributed by atoms with Crippen LogP contribution in [-0.4, -0.2) is 41.0 Å². The maximum Gasteiger partial charge on any atom is 0.339 e. The van der Waals surface area contributed by atoms with Gasteiger partial charge in [-0.3, -0.25) is 4.79 Å². The van der Waals surface area contributed by atoms with Gasteiger partial charge in [-0.1, -0.05) is 0 Å². The highest BCUT2D eigenvalue weighted by Crippen LogP contribution is 2.22. The van der Waals surface area contributed by atoms with Crippen LogP contribution in [-0.2, 0) is 11.8 Å². The highest BCUT2D eigenvalue weighted by Gasteiger charge is 2.39. The second kappa shape index (κ2) is 7.11. The van der Waals surface area contributed by atoms with Crippen LogP contribution < -0.4 is 4.90 Å². The van der Waals surface area contributed by atoms with Crippen molar-refractivity contribution in [1.82, 2.24) is 9.55 Å². The molecule has 6 nitrogen and oxygen atoms in total. The van der Waals surface area contributed by atoms with Crippen molar-refractivity contribution >= 4 is 11.8 Å². The van der Waals surface area contributed by atoms with Crippen LogP contribution in [0.25, 0.3) is 0 Å². The van der Waals surface area contributed by atoms with E-state index in [4.69, 9.17) is 4.74 Å². The number of ketones is 1. The van der Waals surface area contributed by atoms with Crippen molar-refractivity contribution in [3.8, 4) is 0 Å². The van der Waals surface area contributed by atoms with Crippen molar-refractivity contribution in [2.24, 2.45) is 7.05 Å². The van der Waals surface area contributed by atoms with Gasteiger partial charge in [0.25, 0.3) is 0 Å². The first kappa shape index (κ1) is 18.5. The zero-order valence-electron chi connectivity index (χ0n) is 16.2. The van der Waals surface area contributed by atoms with Gasteiger partial charge in [-0.2, -0.15) is 0 Å². The van der Waals surface area contributed by atoms with Crippen molar-refractivity contribution < 1.29 is 19.2 Å². The third kappa shape index (κ3) is 2.98. The SMILES string of the molecule is COC(=O)c1c(C)[nH]c(C(=O)[C@H](C)[NH+]2CCC[C@@H]2c2cccn2C)c1C. The van der Waals surface area contributed by atoms with Crippen molar-refractivity contribution in [2.75, 3.05) is 13.7 Å². The van der Waals surface area contributed by atoms with Gasteiger partial charge in [0.1, 0.15) is 6.04 Å². The number of aryl methyl sites for hydroxylation is 2. The van der Waals surface area contributed by atoms with Gasteiger partial charge in [-0.15, -0.1) is 0 Å². The Morgan fingerprint density at radius 3 is 2.73 bits per heavy atom. The molecule has 3 rings (SSSR count). The normalized spacial score (nSPS) is 21.0. The van der Waals surface area contributed by atoms with Crippen LogP contribution in [0.15, 0.2) is 18.3 Å². The van der Waals surface area contributed by atoms with Crippen LogP contribution >= 0.6 is 0 Å². The Hall–Kier alpha value is -2.34. The first-order valence-corrected chi connectivity index (χ1v) is 9.15. The van der Waals surface area contributed by atoms with Gasteiger partial charge in [-0.25, -0.2) is 4.79 Å². The van der Waals surface area contributed by atoms with Gasteiger partial charge >= 0.3 is 5.97 Å². The quantitative estimate of drug-likeness (QED) is 0.632. The number of quaternary nitrogens is 1. The fourth-order valence-electron chi connectivity index (χ4n) is 4.35. The predicted octanol–water partition coefficient (Wildman–Crippen LogP) is 1.75. The molecule has 1 unspecified atom stereocenters. The zero-order chi connectivity index (χ0) is 19.0. The minimum atomic E-state index is -0.404. The second-order valence-electron chi connectivity index (χ2n) is 7.27. The van der Waals surface area contributed by atoms with Crippen LogP contribution in [0.3, 0.4) is 0 Å². The minimum absolute atomic E-state index is 0.0527. The Morgan fingerprint density at radius 1 is 1.38 bits per heavy atom. The summed E-state index contributed by atoms with van der Waals surface area (Å²) in [6.45, 7) is 6.58. The van der Waals surface area contributed by atoms with Gasteiger partial charge in [0.15, 0.2) is 6.04 Å². The molecule has 0 spiro atoms. The molecule has 0 amide bonds. The molecule has 3 atom stereocenters. The molecule has 0 aromatic carbocycles.